The summed E-state index contributed by atoms with van der Waals surface area (Å²) >= 11 is 28.2. The van der Waals surface area contributed by atoms with Crippen molar-refractivity contribution in [1.82, 2.24) is 15.4 Å². The first-order chi connectivity index (χ1) is 16.9. The van der Waals surface area contributed by atoms with Gasteiger partial charge < -0.3 is 19.5 Å². The third kappa shape index (κ3) is 5.22. The molecule has 2 aliphatic heterocycles. The van der Waals surface area contributed by atoms with E-state index in [4.69, 9.17) is 55.7 Å². The topological polar surface area (TPSA) is 102 Å². The zero-order valence-electron chi connectivity index (χ0n) is 18.9. The Balaban J connectivity index is 1.60. The van der Waals surface area contributed by atoms with Crippen LogP contribution in [0.4, 0.5) is 0 Å². The molecule has 2 amide bonds. The van der Waals surface area contributed by atoms with Crippen molar-refractivity contribution in [2.45, 2.75) is 45.8 Å². The molecule has 36 heavy (non-hydrogen) atoms. The van der Waals surface area contributed by atoms with Gasteiger partial charge in [0, 0.05) is 16.1 Å². The molecule has 0 radical (unpaired) electrons. The molecule has 4 rings (SSSR count). The lowest BCUT2D eigenvalue weighted by Gasteiger charge is -2.54. The number of aromatic nitrogens is 1. The van der Waals surface area contributed by atoms with Gasteiger partial charge in [0.1, 0.15) is 35.0 Å². The fourth-order valence-corrected chi connectivity index (χ4v) is 6.88. The van der Waals surface area contributed by atoms with Crippen LogP contribution >= 0.6 is 74.1 Å². The molecule has 0 spiro atoms. The van der Waals surface area contributed by atoms with Gasteiger partial charge >= 0.3 is 5.97 Å². The number of nitrogens with one attached hydrogen (secondary N) is 1. The summed E-state index contributed by atoms with van der Waals surface area (Å²) in [5, 5.41) is 6.87. The number of nitrogens with zero attached hydrogens (tertiary/aromatic N) is 2. The van der Waals surface area contributed by atoms with Gasteiger partial charge in [0.25, 0.3) is 11.8 Å². The highest BCUT2D eigenvalue weighted by Crippen LogP contribution is 2.49. The third-order valence-electron chi connectivity index (χ3n) is 5.85. The van der Waals surface area contributed by atoms with Crippen LogP contribution in [-0.2, 0) is 14.3 Å². The lowest BCUT2D eigenvalue weighted by molar-refractivity contribution is -0.168. The van der Waals surface area contributed by atoms with E-state index in [0.29, 0.717) is 10.6 Å². The highest BCUT2D eigenvalue weighted by atomic mass is 79.9. The fourth-order valence-electron chi connectivity index (χ4n) is 4.37. The van der Waals surface area contributed by atoms with Gasteiger partial charge in [-0.05, 0) is 19.4 Å². The van der Waals surface area contributed by atoms with Crippen molar-refractivity contribution in [3.63, 3.8) is 0 Å². The molecule has 1 N–H and O–H groups in total. The van der Waals surface area contributed by atoms with Crippen LogP contribution in [0, 0.1) is 6.92 Å². The van der Waals surface area contributed by atoms with E-state index in [2.05, 4.69) is 26.4 Å². The van der Waals surface area contributed by atoms with E-state index in [1.807, 2.05) is 6.92 Å². The Morgan fingerprint density at radius 2 is 2.08 bits per heavy atom. The normalized spacial score (nSPS) is 24.2. The summed E-state index contributed by atoms with van der Waals surface area (Å²) in [6.45, 7) is 3.04. The second kappa shape index (κ2) is 10.5. The van der Waals surface area contributed by atoms with Gasteiger partial charge in [-0.3, -0.25) is 9.59 Å². The molecule has 8 nitrogen and oxygen atoms in total. The quantitative estimate of drug-likeness (QED) is 0.250. The summed E-state index contributed by atoms with van der Waals surface area (Å²) in [6, 6.07) is 6.08. The smallest absolute Gasteiger partial charge is 0.329 e. The summed E-state index contributed by atoms with van der Waals surface area (Å²) in [7, 11) is 0. The van der Waals surface area contributed by atoms with Crippen molar-refractivity contribution in [3.05, 3.63) is 40.6 Å². The highest BCUT2D eigenvalue weighted by molar-refractivity contribution is 9.09. The molecule has 14 heteroatoms. The molecule has 2 saturated heterocycles. The maximum absolute atomic E-state index is 13.6. The van der Waals surface area contributed by atoms with Gasteiger partial charge in [-0.15, -0.1) is 11.8 Å². The maximum Gasteiger partial charge on any atom is 0.329 e. The minimum absolute atomic E-state index is 0.119. The van der Waals surface area contributed by atoms with Gasteiger partial charge in [0.05, 0.1) is 5.02 Å². The van der Waals surface area contributed by atoms with Crippen molar-refractivity contribution >= 4 is 91.9 Å². The van der Waals surface area contributed by atoms with Crippen molar-refractivity contribution in [1.29, 1.82) is 0 Å². The number of benzene rings is 1. The summed E-state index contributed by atoms with van der Waals surface area (Å²) in [5.74, 6) is -1.05. The lowest BCUT2D eigenvalue weighted by atomic mass is 9.82. The summed E-state index contributed by atoms with van der Waals surface area (Å²) in [4.78, 5) is 41.1. The zero-order valence-corrected chi connectivity index (χ0v) is 24.3. The lowest BCUT2D eigenvalue weighted by Crippen LogP contribution is -2.79. The van der Waals surface area contributed by atoms with Crippen molar-refractivity contribution in [2.75, 3.05) is 12.4 Å². The number of carbonyl (C=O) groups is 3. The zero-order chi connectivity index (χ0) is 26.4. The van der Waals surface area contributed by atoms with Crippen LogP contribution in [0.15, 0.2) is 28.8 Å². The highest BCUT2D eigenvalue weighted by Gasteiger charge is 2.68. The van der Waals surface area contributed by atoms with E-state index >= 15 is 0 Å². The molecule has 2 aromatic rings. The van der Waals surface area contributed by atoms with Gasteiger partial charge in [-0.1, -0.05) is 92.6 Å². The first-order valence-corrected chi connectivity index (χ1v) is 14.2. The molecule has 2 aliphatic rings. The molecule has 0 saturated carbocycles. The predicted octanol–water partition coefficient (Wildman–Crippen LogP) is 5.14. The molecule has 3 heterocycles. The Kier molecular flexibility index (Phi) is 8.15. The van der Waals surface area contributed by atoms with Crippen LogP contribution < -0.4 is 5.32 Å². The monoisotopic (exact) mass is 657 g/mol. The van der Waals surface area contributed by atoms with Gasteiger partial charge in [-0.2, -0.15) is 0 Å². The average Bonchev–Trinajstić information content (AvgIpc) is 3.39. The predicted molar refractivity (Wildman–Crippen MR) is 143 cm³/mol. The Labute approximate surface area is 239 Å². The van der Waals surface area contributed by atoms with E-state index in [1.165, 1.54) is 16.7 Å². The number of ether oxygens (including phenoxy) is 1. The Morgan fingerprint density at radius 3 is 2.72 bits per heavy atom. The number of fused-ring (bicyclic) bond motifs is 1. The number of alkyl halides is 4. The van der Waals surface area contributed by atoms with E-state index in [1.54, 1.807) is 31.2 Å². The standard InChI is InChI=1S/C22H20BrCl4N3O5S/c1-10(23)7-21(19(33)30-14(8-36-20(21)30)18(32)34-9-22(25,26)27)28-17(31)15-11(2)35-29-16(15)12-5-3-4-6-13(12)24/h3-6,10,14,20H,7-9H2,1-2H3,(H,28,31)/t10?,14?,20-,21?/m0/s1. The number of hydrogen-bond acceptors (Lipinski definition) is 7. The van der Waals surface area contributed by atoms with Gasteiger partial charge in [0.2, 0.25) is 3.79 Å². The van der Waals surface area contributed by atoms with E-state index in [-0.39, 0.29) is 34.0 Å². The number of hydrogen-bond donors (Lipinski definition) is 1. The first-order valence-electron chi connectivity index (χ1n) is 10.7. The SMILES string of the molecule is Cc1onc(-c2ccccc2Cl)c1C(=O)NC1(CC(C)Br)C(=O)N2C(C(=O)OCC(Cl)(Cl)Cl)CS[C@H]21. The number of β-lactam (4-membered cyclic amide) rings is 1. The number of amides is 2. The van der Waals surface area contributed by atoms with E-state index in [9.17, 15) is 14.4 Å². The van der Waals surface area contributed by atoms with Crippen molar-refractivity contribution < 1.29 is 23.6 Å². The van der Waals surface area contributed by atoms with Gasteiger partial charge in [-0.25, -0.2) is 4.79 Å². The molecule has 1 aromatic heterocycles. The van der Waals surface area contributed by atoms with Crippen LogP contribution in [0.5, 0.6) is 0 Å². The van der Waals surface area contributed by atoms with Gasteiger partial charge in [0.15, 0.2) is 5.54 Å². The summed E-state index contributed by atoms with van der Waals surface area (Å²) in [6.07, 6.45) is 0.285. The van der Waals surface area contributed by atoms with Crippen molar-refractivity contribution in [3.8, 4) is 11.3 Å². The number of carbonyl (C=O) groups excluding carboxylic acids is 3. The van der Waals surface area contributed by atoms with Crippen LogP contribution in [0.2, 0.25) is 5.02 Å². The molecule has 2 fully saturated rings. The number of rotatable bonds is 7. The molecule has 0 bridgehead atoms. The van der Waals surface area contributed by atoms with E-state index < -0.39 is 45.1 Å². The van der Waals surface area contributed by atoms with Crippen molar-refractivity contribution in [2.24, 2.45) is 0 Å². The number of thioether (sulfide) groups is 1. The third-order valence-corrected chi connectivity index (χ3v) is 8.28. The fraction of sp³-hybridized carbons (Fsp3) is 0.455. The van der Waals surface area contributed by atoms with E-state index in [0.717, 1.165) is 0 Å². The second-order valence-corrected chi connectivity index (χ2v) is 14.1. The molecule has 3 unspecified atom stereocenters. The maximum atomic E-state index is 13.6. The van der Waals surface area contributed by atoms with Crippen LogP contribution in [0.1, 0.15) is 29.5 Å². The molecule has 194 valence electrons. The number of esters is 1. The minimum Gasteiger partial charge on any atom is -0.460 e. The Morgan fingerprint density at radius 1 is 1.39 bits per heavy atom. The molecular formula is C22H20BrCl4N3O5S. The van der Waals surface area contributed by atoms with Crippen LogP contribution in [-0.4, -0.2) is 65.8 Å². The summed E-state index contributed by atoms with van der Waals surface area (Å²) < 4.78 is 8.65. The van der Waals surface area contributed by atoms with Crippen LogP contribution in [0.3, 0.4) is 0 Å². The number of aryl methyl sites for hydroxylation is 1. The Bertz CT molecular complexity index is 1210. The first kappa shape index (κ1) is 27.9. The Hall–Kier alpha value is -1.17. The average molecular weight is 660 g/mol. The minimum atomic E-state index is -1.77. The van der Waals surface area contributed by atoms with Crippen LogP contribution in [0.25, 0.3) is 11.3 Å². The molecule has 4 atom stereocenters. The number of halogens is 5. The molecule has 1 aromatic carbocycles. The molecule has 0 aliphatic carbocycles. The molecular weight excluding hydrogens is 640 g/mol. The largest absolute Gasteiger partial charge is 0.460 e. The second-order valence-electron chi connectivity index (χ2n) is 8.49. The summed E-state index contributed by atoms with van der Waals surface area (Å²) in [5.41, 5.74) is -0.292.